The molecular formula is C24H28ClN3O3S. The highest BCUT2D eigenvalue weighted by molar-refractivity contribution is 7.17. The molecule has 1 saturated carbocycles. The molecule has 1 aliphatic carbocycles. The lowest BCUT2D eigenvalue weighted by Crippen LogP contribution is -2.42. The molecule has 0 saturated heterocycles. The minimum atomic E-state index is -0.282. The van der Waals surface area contributed by atoms with Crippen LogP contribution in [0.2, 0.25) is 5.02 Å². The van der Waals surface area contributed by atoms with Gasteiger partial charge in [-0.15, -0.1) is 11.3 Å². The van der Waals surface area contributed by atoms with Crippen molar-refractivity contribution in [2.24, 2.45) is 11.8 Å². The zero-order valence-corrected chi connectivity index (χ0v) is 19.9. The number of carbonyl (C=O) groups is 1. The maximum Gasteiger partial charge on any atom is 0.331 e. The van der Waals surface area contributed by atoms with Crippen LogP contribution in [0.15, 0.2) is 45.3 Å². The number of thiophene rings is 1. The molecule has 1 fully saturated rings. The Balaban J connectivity index is 1.57. The third-order valence-corrected chi connectivity index (χ3v) is 7.32. The van der Waals surface area contributed by atoms with Gasteiger partial charge in [0, 0.05) is 23.5 Å². The molecule has 4 rings (SSSR count). The fraction of sp³-hybridized carbons (Fsp3) is 0.458. The lowest BCUT2D eigenvalue weighted by molar-refractivity contribution is -0.126. The summed E-state index contributed by atoms with van der Waals surface area (Å²) in [7, 11) is 0. The summed E-state index contributed by atoms with van der Waals surface area (Å²) in [4.78, 5) is 38.8. The fourth-order valence-electron chi connectivity index (χ4n) is 4.49. The number of fused-ring (bicyclic) bond motifs is 1. The Morgan fingerprint density at radius 3 is 2.44 bits per heavy atom. The Hall–Kier alpha value is -2.38. The zero-order chi connectivity index (χ0) is 22.8. The van der Waals surface area contributed by atoms with Crippen molar-refractivity contribution in [2.75, 3.05) is 0 Å². The first-order valence-electron chi connectivity index (χ1n) is 11.1. The maximum absolute atomic E-state index is 13.4. The molecule has 1 aromatic carbocycles. The number of halogens is 1. The van der Waals surface area contributed by atoms with E-state index in [4.69, 9.17) is 11.6 Å². The fourth-order valence-corrected chi connectivity index (χ4v) is 5.46. The summed E-state index contributed by atoms with van der Waals surface area (Å²) >= 11 is 7.36. The molecule has 0 bridgehead atoms. The number of carbonyl (C=O) groups excluding carboxylic acids is 1. The van der Waals surface area contributed by atoms with Crippen molar-refractivity contribution in [1.29, 1.82) is 0 Å². The molecular weight excluding hydrogens is 446 g/mol. The third kappa shape index (κ3) is 4.84. The smallest absolute Gasteiger partial charge is 0.331 e. The molecule has 0 spiro atoms. The monoisotopic (exact) mass is 473 g/mol. The van der Waals surface area contributed by atoms with Crippen molar-refractivity contribution in [2.45, 2.75) is 58.7 Å². The number of hydrogen-bond donors (Lipinski definition) is 1. The second kappa shape index (κ2) is 9.63. The molecule has 0 atom stereocenters. The Bertz CT molecular complexity index is 1220. The predicted octanol–water partition coefficient (Wildman–Crippen LogP) is 4.26. The van der Waals surface area contributed by atoms with E-state index in [1.807, 2.05) is 37.4 Å². The molecule has 170 valence electrons. The minimum Gasteiger partial charge on any atom is -0.354 e. The molecule has 6 nitrogen and oxygen atoms in total. The van der Waals surface area contributed by atoms with Crippen molar-refractivity contribution in [3.05, 3.63) is 67.1 Å². The first-order chi connectivity index (χ1) is 15.3. The summed E-state index contributed by atoms with van der Waals surface area (Å²) in [6.07, 6.45) is 3.25. The van der Waals surface area contributed by atoms with Gasteiger partial charge in [0.15, 0.2) is 0 Å². The molecule has 8 heteroatoms. The highest BCUT2D eigenvalue weighted by Gasteiger charge is 2.28. The van der Waals surface area contributed by atoms with E-state index in [-0.39, 0.29) is 35.0 Å². The first-order valence-corrected chi connectivity index (χ1v) is 12.3. The van der Waals surface area contributed by atoms with Crippen LogP contribution in [0.25, 0.3) is 10.2 Å². The highest BCUT2D eigenvalue weighted by atomic mass is 35.5. The summed E-state index contributed by atoms with van der Waals surface area (Å²) in [6.45, 7) is 4.70. The van der Waals surface area contributed by atoms with Gasteiger partial charge in [-0.3, -0.25) is 18.7 Å². The number of benzene rings is 1. The average molecular weight is 474 g/mol. The SMILES string of the molecule is CC(C)NC(=O)C1CCC(Cn2c(=O)c3sccc3n(Cc3ccc(Cl)cc3)c2=O)CC1. The summed E-state index contributed by atoms with van der Waals surface area (Å²) in [5.41, 5.74) is 1.12. The van der Waals surface area contributed by atoms with Gasteiger partial charge < -0.3 is 5.32 Å². The molecule has 3 aromatic rings. The van der Waals surface area contributed by atoms with E-state index < -0.39 is 0 Å². The van der Waals surface area contributed by atoms with Gasteiger partial charge in [-0.2, -0.15) is 0 Å². The van der Waals surface area contributed by atoms with Gasteiger partial charge in [-0.1, -0.05) is 23.7 Å². The summed E-state index contributed by atoms with van der Waals surface area (Å²) < 4.78 is 3.68. The Morgan fingerprint density at radius 1 is 1.09 bits per heavy atom. The topological polar surface area (TPSA) is 73.1 Å². The first kappa shape index (κ1) is 22.8. The van der Waals surface area contributed by atoms with Crippen LogP contribution in [0.1, 0.15) is 45.1 Å². The summed E-state index contributed by atoms with van der Waals surface area (Å²) in [5, 5.41) is 5.49. The molecule has 0 aliphatic heterocycles. The van der Waals surface area contributed by atoms with Crippen molar-refractivity contribution < 1.29 is 4.79 Å². The van der Waals surface area contributed by atoms with Crippen molar-refractivity contribution in [3.8, 4) is 0 Å². The predicted molar refractivity (Wildman–Crippen MR) is 130 cm³/mol. The van der Waals surface area contributed by atoms with E-state index in [2.05, 4.69) is 5.32 Å². The van der Waals surface area contributed by atoms with Gasteiger partial charge in [0.2, 0.25) is 5.91 Å². The van der Waals surface area contributed by atoms with Crippen molar-refractivity contribution in [1.82, 2.24) is 14.5 Å². The van der Waals surface area contributed by atoms with Crippen molar-refractivity contribution in [3.63, 3.8) is 0 Å². The van der Waals surface area contributed by atoms with E-state index in [1.165, 1.54) is 15.9 Å². The van der Waals surface area contributed by atoms with Gasteiger partial charge in [-0.25, -0.2) is 4.79 Å². The molecule has 2 heterocycles. The molecule has 1 amide bonds. The van der Waals surface area contributed by atoms with Crippen LogP contribution < -0.4 is 16.6 Å². The number of amides is 1. The quantitative estimate of drug-likeness (QED) is 0.581. The maximum atomic E-state index is 13.4. The molecule has 2 aromatic heterocycles. The third-order valence-electron chi connectivity index (χ3n) is 6.18. The largest absolute Gasteiger partial charge is 0.354 e. The van der Waals surface area contributed by atoms with Gasteiger partial charge in [0.05, 0.1) is 12.1 Å². The van der Waals surface area contributed by atoms with Crippen LogP contribution in [-0.4, -0.2) is 21.1 Å². The van der Waals surface area contributed by atoms with E-state index in [0.717, 1.165) is 31.2 Å². The van der Waals surface area contributed by atoms with Gasteiger partial charge in [0.25, 0.3) is 5.56 Å². The van der Waals surface area contributed by atoms with Crippen LogP contribution in [0.4, 0.5) is 0 Å². The molecule has 0 unspecified atom stereocenters. The number of nitrogens with one attached hydrogen (secondary N) is 1. The van der Waals surface area contributed by atoms with Crippen LogP contribution in [0.3, 0.4) is 0 Å². The second-order valence-electron chi connectivity index (χ2n) is 8.93. The Morgan fingerprint density at radius 2 is 1.78 bits per heavy atom. The van der Waals surface area contributed by atoms with Crippen LogP contribution in [0, 0.1) is 11.8 Å². The number of rotatable bonds is 6. The lowest BCUT2D eigenvalue weighted by atomic mass is 9.81. The number of nitrogens with zero attached hydrogens (tertiary/aromatic N) is 2. The average Bonchev–Trinajstić information content (AvgIpc) is 3.25. The Kier molecular flexibility index (Phi) is 6.86. The van der Waals surface area contributed by atoms with Gasteiger partial charge in [0.1, 0.15) is 4.70 Å². The van der Waals surface area contributed by atoms with E-state index in [0.29, 0.717) is 28.3 Å². The summed E-state index contributed by atoms with van der Waals surface area (Å²) in [6, 6.07) is 9.36. The second-order valence-corrected chi connectivity index (χ2v) is 10.3. The number of hydrogen-bond acceptors (Lipinski definition) is 4. The summed E-state index contributed by atoms with van der Waals surface area (Å²) in [5.74, 6) is 0.345. The van der Waals surface area contributed by atoms with E-state index >= 15 is 0 Å². The standard InChI is InChI=1S/C24H28ClN3O3S/c1-15(2)26-22(29)18-7-3-16(4-8-18)14-28-23(30)21-20(11-12-32-21)27(24(28)31)13-17-5-9-19(25)10-6-17/h5-6,9-12,15-16,18H,3-4,7-8,13-14H2,1-2H3,(H,26,29). The normalized spacial score (nSPS) is 18.9. The van der Waals surface area contributed by atoms with E-state index in [9.17, 15) is 14.4 Å². The Labute approximate surface area is 195 Å². The van der Waals surface area contributed by atoms with Crippen LogP contribution in [-0.2, 0) is 17.9 Å². The lowest BCUT2D eigenvalue weighted by Gasteiger charge is -2.28. The molecule has 1 aliphatic rings. The van der Waals surface area contributed by atoms with Crippen LogP contribution >= 0.6 is 22.9 Å². The van der Waals surface area contributed by atoms with Crippen LogP contribution in [0.5, 0.6) is 0 Å². The molecule has 1 N–H and O–H groups in total. The number of aromatic nitrogens is 2. The molecule has 0 radical (unpaired) electrons. The van der Waals surface area contributed by atoms with E-state index in [1.54, 1.807) is 16.7 Å². The van der Waals surface area contributed by atoms with Gasteiger partial charge >= 0.3 is 5.69 Å². The molecule has 32 heavy (non-hydrogen) atoms. The van der Waals surface area contributed by atoms with Crippen molar-refractivity contribution >= 4 is 39.1 Å². The van der Waals surface area contributed by atoms with Gasteiger partial charge in [-0.05, 0) is 74.6 Å². The minimum absolute atomic E-state index is 0.0201. The zero-order valence-electron chi connectivity index (χ0n) is 18.3. The highest BCUT2D eigenvalue weighted by Crippen LogP contribution is 2.30.